The summed E-state index contributed by atoms with van der Waals surface area (Å²) in [6, 6.07) is 53.6. The van der Waals surface area contributed by atoms with Crippen molar-refractivity contribution in [2.75, 3.05) is 0 Å². The van der Waals surface area contributed by atoms with Gasteiger partial charge >= 0.3 is 0 Å². The molecule has 0 bridgehead atoms. The van der Waals surface area contributed by atoms with Gasteiger partial charge in [-0.3, -0.25) is 4.57 Å². The minimum absolute atomic E-state index is 0.597. The van der Waals surface area contributed by atoms with Crippen molar-refractivity contribution >= 4 is 70.7 Å². The topological polar surface area (TPSA) is 48.0 Å². The number of nitrogens with zero attached hydrogens (tertiary/aromatic N) is 5. The second kappa shape index (κ2) is 9.47. The minimum atomic E-state index is 0.597. The predicted molar refractivity (Wildman–Crippen MR) is 197 cm³/mol. The summed E-state index contributed by atoms with van der Waals surface area (Å²) >= 11 is 0. The van der Waals surface area contributed by atoms with E-state index in [1.54, 1.807) is 0 Å². The molecule has 0 aliphatic heterocycles. The molecule has 222 valence electrons. The van der Waals surface area contributed by atoms with Crippen LogP contribution in [0.2, 0.25) is 0 Å². The van der Waals surface area contributed by atoms with Crippen LogP contribution < -0.4 is 0 Å². The maximum atomic E-state index is 5.29. The third-order valence-electron chi connectivity index (χ3n) is 9.91. The van der Waals surface area contributed by atoms with Crippen LogP contribution in [0.4, 0.5) is 0 Å². The molecule has 0 saturated carbocycles. The van der Waals surface area contributed by atoms with Crippen molar-refractivity contribution in [3.05, 3.63) is 152 Å². The van der Waals surface area contributed by atoms with E-state index in [9.17, 15) is 0 Å². The molecule has 11 rings (SSSR count). The third-order valence-corrected chi connectivity index (χ3v) is 9.91. The van der Waals surface area contributed by atoms with Crippen molar-refractivity contribution in [3.8, 4) is 28.7 Å². The monoisotopic (exact) mass is 611 g/mol. The van der Waals surface area contributed by atoms with Gasteiger partial charge in [-0.1, -0.05) is 127 Å². The highest BCUT2D eigenvalue weighted by Gasteiger charge is 2.24. The summed E-state index contributed by atoms with van der Waals surface area (Å²) in [4.78, 5) is 15.6. The van der Waals surface area contributed by atoms with E-state index in [4.69, 9.17) is 15.0 Å². The van der Waals surface area contributed by atoms with Crippen LogP contribution in [-0.4, -0.2) is 23.9 Å². The number of rotatable bonds is 3. The molecule has 0 atom stereocenters. The van der Waals surface area contributed by atoms with Crippen LogP contribution in [0.5, 0.6) is 0 Å². The normalized spacial score (nSPS) is 12.2. The fraction of sp³-hybridized carbons (Fsp3) is 0. The fourth-order valence-corrected chi connectivity index (χ4v) is 7.91. The largest absolute Gasteiger partial charge is 0.308 e. The van der Waals surface area contributed by atoms with Gasteiger partial charge in [0.25, 0.3) is 0 Å². The van der Waals surface area contributed by atoms with Crippen LogP contribution in [0.1, 0.15) is 0 Å². The molecule has 11 aromatic rings. The summed E-state index contributed by atoms with van der Waals surface area (Å²) in [5.74, 6) is 1.89. The van der Waals surface area contributed by atoms with E-state index >= 15 is 0 Å². The van der Waals surface area contributed by atoms with Crippen molar-refractivity contribution in [3.63, 3.8) is 0 Å². The maximum Gasteiger partial charge on any atom is 0.238 e. The number of hydrogen-bond acceptors (Lipinski definition) is 3. The number of benzene rings is 7. The highest BCUT2D eigenvalue weighted by molar-refractivity contribution is 6.33. The van der Waals surface area contributed by atoms with Crippen molar-refractivity contribution in [2.24, 2.45) is 0 Å². The molecular weight excluding hydrogens is 587 g/mol. The summed E-state index contributed by atoms with van der Waals surface area (Å²) in [5, 5.41) is 9.57. The molecule has 4 heterocycles. The summed E-state index contributed by atoms with van der Waals surface area (Å²) in [7, 11) is 0. The Kier molecular flexibility index (Phi) is 5.05. The fourth-order valence-electron chi connectivity index (χ4n) is 7.91. The van der Waals surface area contributed by atoms with Crippen molar-refractivity contribution in [2.45, 2.75) is 0 Å². The Hall–Kier alpha value is -6.59. The minimum Gasteiger partial charge on any atom is -0.308 e. The van der Waals surface area contributed by atoms with E-state index in [1.807, 2.05) is 18.2 Å². The van der Waals surface area contributed by atoms with Gasteiger partial charge in [0.2, 0.25) is 5.95 Å². The van der Waals surface area contributed by atoms with Crippen LogP contribution in [0.15, 0.2) is 152 Å². The Morgan fingerprint density at radius 3 is 1.81 bits per heavy atom. The van der Waals surface area contributed by atoms with Crippen LogP contribution in [0, 0.1) is 0 Å². The average Bonchev–Trinajstić information content (AvgIpc) is 3.63. The van der Waals surface area contributed by atoms with E-state index in [-0.39, 0.29) is 0 Å². The zero-order valence-corrected chi connectivity index (χ0v) is 25.7. The summed E-state index contributed by atoms with van der Waals surface area (Å²) < 4.78 is 4.70. The molecular formula is C43H25N5. The van der Waals surface area contributed by atoms with Crippen LogP contribution >= 0.6 is 0 Å². The van der Waals surface area contributed by atoms with Gasteiger partial charge < -0.3 is 4.40 Å². The standard InChI is InChI=1S/C43H25N5/c1-2-13-27(14-3-1)41-44-42(33-20-10-15-26-12-4-5-16-28(26)33)46-43(45-41)48-36-23-11-19-31-29-17-6-8-21-34(29)47-35-22-9-7-18-30(35)32-24-25-37(48)39(38(31)36)40(32)47/h1-25H. The van der Waals surface area contributed by atoms with Gasteiger partial charge in [-0.05, 0) is 40.4 Å². The molecule has 0 saturated heterocycles. The molecule has 4 aromatic heterocycles. The second-order valence-corrected chi connectivity index (χ2v) is 12.4. The van der Waals surface area contributed by atoms with Gasteiger partial charge in [0, 0.05) is 38.1 Å². The summed E-state index contributed by atoms with van der Waals surface area (Å²) in [6.07, 6.45) is 0. The Labute approximate surface area is 274 Å². The lowest BCUT2D eigenvalue weighted by Gasteiger charge is -2.12. The first-order chi connectivity index (χ1) is 23.8. The van der Waals surface area contributed by atoms with Crippen molar-refractivity contribution in [1.82, 2.24) is 23.9 Å². The Balaban J connectivity index is 1.34. The molecule has 0 aliphatic rings. The Morgan fingerprint density at radius 2 is 0.979 bits per heavy atom. The smallest absolute Gasteiger partial charge is 0.238 e. The van der Waals surface area contributed by atoms with Crippen LogP contribution in [-0.2, 0) is 0 Å². The highest BCUT2D eigenvalue weighted by Crippen LogP contribution is 2.45. The second-order valence-electron chi connectivity index (χ2n) is 12.4. The van der Waals surface area contributed by atoms with Crippen LogP contribution in [0.3, 0.4) is 0 Å². The van der Waals surface area contributed by atoms with Gasteiger partial charge in [0.05, 0.1) is 27.6 Å². The zero-order chi connectivity index (χ0) is 31.3. The van der Waals surface area contributed by atoms with E-state index in [2.05, 4.69) is 142 Å². The first kappa shape index (κ1) is 25.6. The molecule has 48 heavy (non-hydrogen) atoms. The van der Waals surface area contributed by atoms with Crippen molar-refractivity contribution < 1.29 is 0 Å². The zero-order valence-electron chi connectivity index (χ0n) is 25.7. The van der Waals surface area contributed by atoms with Gasteiger partial charge in [0.1, 0.15) is 0 Å². The predicted octanol–water partition coefficient (Wildman–Crippen LogP) is 10.6. The number of para-hydroxylation sites is 2. The summed E-state index contributed by atoms with van der Waals surface area (Å²) in [6.45, 7) is 0. The average molecular weight is 612 g/mol. The van der Waals surface area contributed by atoms with Crippen molar-refractivity contribution in [1.29, 1.82) is 0 Å². The van der Waals surface area contributed by atoms with Gasteiger partial charge in [-0.25, -0.2) is 4.98 Å². The maximum absolute atomic E-state index is 5.29. The lowest BCUT2D eigenvalue weighted by Crippen LogP contribution is -2.06. The number of fused-ring (bicyclic) bond motifs is 7. The molecule has 0 spiro atoms. The quantitative estimate of drug-likeness (QED) is 0.200. The number of hydrogen-bond donors (Lipinski definition) is 0. The highest BCUT2D eigenvalue weighted by atomic mass is 15.2. The van der Waals surface area contributed by atoms with E-state index in [0.29, 0.717) is 17.6 Å². The molecule has 5 nitrogen and oxygen atoms in total. The third kappa shape index (κ3) is 3.37. The molecule has 0 unspecified atom stereocenters. The first-order valence-electron chi connectivity index (χ1n) is 16.2. The van der Waals surface area contributed by atoms with Crippen LogP contribution in [0.25, 0.3) is 99.4 Å². The molecule has 5 heteroatoms. The Bertz CT molecular complexity index is 3060. The molecule has 0 aliphatic carbocycles. The lowest BCUT2D eigenvalue weighted by atomic mass is 10.0. The molecule has 0 fully saturated rings. The molecule has 0 radical (unpaired) electrons. The summed E-state index contributed by atoms with van der Waals surface area (Å²) in [5.41, 5.74) is 7.66. The van der Waals surface area contributed by atoms with E-state index < -0.39 is 0 Å². The lowest BCUT2D eigenvalue weighted by molar-refractivity contribution is 0.954. The van der Waals surface area contributed by atoms with E-state index in [0.717, 1.165) is 32.9 Å². The molecule has 7 aromatic carbocycles. The number of aromatic nitrogens is 5. The first-order valence-corrected chi connectivity index (χ1v) is 16.2. The van der Waals surface area contributed by atoms with Gasteiger partial charge in [-0.15, -0.1) is 0 Å². The molecule has 0 N–H and O–H groups in total. The molecule has 0 amide bonds. The van der Waals surface area contributed by atoms with Gasteiger partial charge in [0.15, 0.2) is 11.6 Å². The Morgan fingerprint density at radius 1 is 0.375 bits per heavy atom. The SMILES string of the molecule is c1ccc(-c2nc(-c3cccc4ccccc34)nc(-n3c4cccc5c6ccccc6n6c7ccccc7c7ccc3c(c54)c76)n2)cc1. The van der Waals surface area contributed by atoms with E-state index in [1.165, 1.54) is 48.9 Å². The van der Waals surface area contributed by atoms with Gasteiger partial charge in [-0.2, -0.15) is 9.97 Å².